The highest BCUT2D eigenvalue weighted by molar-refractivity contribution is 9.18. The molecule has 3 heteroatoms. The van der Waals surface area contributed by atoms with Gasteiger partial charge < -0.3 is 5.32 Å². The fourth-order valence-corrected chi connectivity index (χ4v) is 2.47. The lowest BCUT2D eigenvalue weighted by Crippen LogP contribution is -2.35. The van der Waals surface area contributed by atoms with Crippen LogP contribution in [-0.2, 0) is 0 Å². The quantitative estimate of drug-likeness (QED) is 0.788. The first kappa shape index (κ1) is 10.5. The van der Waals surface area contributed by atoms with E-state index in [-0.39, 0.29) is 6.04 Å². The van der Waals surface area contributed by atoms with Crippen molar-refractivity contribution in [2.24, 2.45) is 4.99 Å². The van der Waals surface area contributed by atoms with Crippen LogP contribution in [0.25, 0.3) is 5.70 Å². The molecule has 3 rings (SSSR count). The zero-order valence-corrected chi connectivity index (χ0v) is 10.7. The fraction of sp³-hybridized carbons (Fsp3) is 0.0714. The minimum Gasteiger partial charge on any atom is -0.354 e. The molecule has 0 saturated heterocycles. The van der Waals surface area contributed by atoms with Crippen LogP contribution in [-0.4, -0.2) is 10.8 Å². The topological polar surface area (TPSA) is 24.4 Å². The summed E-state index contributed by atoms with van der Waals surface area (Å²) < 4.78 is 0.782. The Morgan fingerprint density at radius 2 is 1.94 bits per heavy atom. The SMILES string of the molecule is BrC1=NC(c2ccccc2)=C2C=CC=CC2N1. The summed E-state index contributed by atoms with van der Waals surface area (Å²) in [7, 11) is 0. The normalized spacial score (nSPS) is 21.9. The molecule has 1 aromatic rings. The maximum atomic E-state index is 4.55. The third kappa shape index (κ3) is 1.98. The molecule has 0 amide bonds. The molecule has 0 spiro atoms. The number of amidine groups is 1. The number of nitrogens with one attached hydrogen (secondary N) is 1. The van der Waals surface area contributed by atoms with Gasteiger partial charge in [-0.3, -0.25) is 0 Å². The molecule has 0 aromatic heterocycles. The molecule has 0 bridgehead atoms. The minimum atomic E-state index is 0.210. The average Bonchev–Trinajstić information content (AvgIpc) is 2.39. The highest BCUT2D eigenvalue weighted by atomic mass is 79.9. The summed E-state index contributed by atoms with van der Waals surface area (Å²) in [6.45, 7) is 0. The Hall–Kier alpha value is -1.61. The maximum Gasteiger partial charge on any atom is 0.171 e. The molecular weight excluding hydrogens is 276 g/mol. The molecule has 0 fully saturated rings. The van der Waals surface area contributed by atoms with E-state index >= 15 is 0 Å². The first-order valence-corrected chi connectivity index (χ1v) is 6.29. The van der Waals surface area contributed by atoms with Crippen molar-refractivity contribution >= 4 is 26.4 Å². The highest BCUT2D eigenvalue weighted by Gasteiger charge is 2.21. The number of fused-ring (bicyclic) bond motifs is 1. The molecule has 17 heavy (non-hydrogen) atoms. The summed E-state index contributed by atoms with van der Waals surface area (Å²) in [6.07, 6.45) is 8.34. The highest BCUT2D eigenvalue weighted by Crippen LogP contribution is 2.29. The van der Waals surface area contributed by atoms with Gasteiger partial charge in [-0.05, 0) is 15.9 Å². The van der Waals surface area contributed by atoms with E-state index in [1.165, 1.54) is 5.57 Å². The number of hydrogen-bond acceptors (Lipinski definition) is 2. The minimum absolute atomic E-state index is 0.210. The van der Waals surface area contributed by atoms with Gasteiger partial charge in [-0.15, -0.1) is 0 Å². The Balaban J connectivity index is 2.15. The van der Waals surface area contributed by atoms with Crippen molar-refractivity contribution in [3.05, 3.63) is 65.8 Å². The molecule has 1 unspecified atom stereocenters. The zero-order valence-electron chi connectivity index (χ0n) is 9.10. The van der Waals surface area contributed by atoms with E-state index < -0.39 is 0 Å². The van der Waals surface area contributed by atoms with Crippen molar-refractivity contribution in [1.29, 1.82) is 0 Å². The maximum absolute atomic E-state index is 4.55. The summed E-state index contributed by atoms with van der Waals surface area (Å²) in [6, 6.07) is 10.5. The number of allylic oxidation sites excluding steroid dienone is 2. The molecule has 2 aliphatic rings. The number of hydrogen-bond donors (Lipinski definition) is 1. The predicted octanol–water partition coefficient (Wildman–Crippen LogP) is 3.25. The van der Waals surface area contributed by atoms with Crippen molar-refractivity contribution in [3.63, 3.8) is 0 Å². The van der Waals surface area contributed by atoms with E-state index in [4.69, 9.17) is 0 Å². The molecule has 1 atom stereocenters. The van der Waals surface area contributed by atoms with Crippen molar-refractivity contribution in [1.82, 2.24) is 5.32 Å². The van der Waals surface area contributed by atoms with E-state index in [0.29, 0.717) is 0 Å². The molecule has 2 nitrogen and oxygen atoms in total. The molecule has 1 heterocycles. The Morgan fingerprint density at radius 1 is 1.12 bits per heavy atom. The number of benzene rings is 1. The van der Waals surface area contributed by atoms with Crippen molar-refractivity contribution in [2.45, 2.75) is 6.04 Å². The van der Waals surface area contributed by atoms with Crippen LogP contribution in [0.4, 0.5) is 0 Å². The second-order valence-corrected chi connectivity index (χ2v) is 4.69. The molecule has 1 aliphatic carbocycles. The lowest BCUT2D eigenvalue weighted by Gasteiger charge is -2.25. The second kappa shape index (κ2) is 4.34. The Kier molecular flexibility index (Phi) is 2.69. The Morgan fingerprint density at radius 3 is 2.76 bits per heavy atom. The van der Waals surface area contributed by atoms with Gasteiger partial charge in [-0.25, -0.2) is 4.99 Å². The van der Waals surface area contributed by atoms with E-state index in [1.807, 2.05) is 24.3 Å². The molecule has 0 radical (unpaired) electrons. The van der Waals surface area contributed by atoms with Gasteiger partial charge in [-0.2, -0.15) is 0 Å². The van der Waals surface area contributed by atoms with Gasteiger partial charge >= 0.3 is 0 Å². The van der Waals surface area contributed by atoms with Crippen LogP contribution in [0.5, 0.6) is 0 Å². The number of halogens is 1. The van der Waals surface area contributed by atoms with Gasteiger partial charge in [0.05, 0.1) is 11.7 Å². The number of nitrogens with zero attached hydrogens (tertiary/aromatic N) is 1. The first-order chi connectivity index (χ1) is 8.34. The first-order valence-electron chi connectivity index (χ1n) is 5.50. The lowest BCUT2D eigenvalue weighted by molar-refractivity contribution is 0.842. The molecule has 1 aromatic carbocycles. The van der Waals surface area contributed by atoms with Crippen molar-refractivity contribution in [3.8, 4) is 0 Å². The van der Waals surface area contributed by atoms with E-state index in [0.717, 1.165) is 16.0 Å². The van der Waals surface area contributed by atoms with Crippen LogP contribution in [0, 0.1) is 0 Å². The van der Waals surface area contributed by atoms with Gasteiger partial charge in [0.15, 0.2) is 4.74 Å². The monoisotopic (exact) mass is 286 g/mol. The van der Waals surface area contributed by atoms with Crippen molar-refractivity contribution < 1.29 is 0 Å². The number of aliphatic imine (C=N–C) groups is 1. The third-order valence-electron chi connectivity index (χ3n) is 2.83. The van der Waals surface area contributed by atoms with Crippen LogP contribution in [0.1, 0.15) is 5.56 Å². The van der Waals surface area contributed by atoms with Gasteiger partial charge in [-0.1, -0.05) is 54.6 Å². The van der Waals surface area contributed by atoms with Crippen LogP contribution in [0.3, 0.4) is 0 Å². The van der Waals surface area contributed by atoms with Gasteiger partial charge in [0, 0.05) is 11.1 Å². The summed E-state index contributed by atoms with van der Waals surface area (Å²) in [5, 5.41) is 3.29. The molecular formula is C14H11BrN2. The average molecular weight is 287 g/mol. The van der Waals surface area contributed by atoms with E-state index in [9.17, 15) is 0 Å². The van der Waals surface area contributed by atoms with Crippen molar-refractivity contribution in [2.75, 3.05) is 0 Å². The molecule has 1 N–H and O–H groups in total. The largest absolute Gasteiger partial charge is 0.354 e. The summed E-state index contributed by atoms with van der Waals surface area (Å²) in [4.78, 5) is 4.55. The smallest absolute Gasteiger partial charge is 0.171 e. The van der Waals surface area contributed by atoms with E-state index in [1.54, 1.807) is 0 Å². The standard InChI is InChI=1S/C14H11BrN2/c15-14-16-12-9-5-4-8-11(12)13(17-14)10-6-2-1-3-7-10/h1-9,12H,(H,16,17). The summed E-state index contributed by atoms with van der Waals surface area (Å²) in [5.41, 5.74) is 3.38. The van der Waals surface area contributed by atoms with Crippen LogP contribution < -0.4 is 5.32 Å². The summed E-state index contributed by atoms with van der Waals surface area (Å²) in [5.74, 6) is 0. The lowest BCUT2D eigenvalue weighted by atomic mass is 9.96. The van der Waals surface area contributed by atoms with Crippen LogP contribution in [0.2, 0.25) is 0 Å². The van der Waals surface area contributed by atoms with Crippen LogP contribution >= 0.6 is 15.9 Å². The van der Waals surface area contributed by atoms with Gasteiger partial charge in [0.2, 0.25) is 0 Å². The predicted molar refractivity (Wildman–Crippen MR) is 74.9 cm³/mol. The fourth-order valence-electron chi connectivity index (χ4n) is 2.04. The Labute approximate surface area is 109 Å². The molecule has 84 valence electrons. The molecule has 1 aliphatic heterocycles. The Bertz CT molecular complexity index is 553. The van der Waals surface area contributed by atoms with Gasteiger partial charge in [0.1, 0.15) is 0 Å². The van der Waals surface area contributed by atoms with E-state index in [2.05, 4.69) is 56.6 Å². The summed E-state index contributed by atoms with van der Waals surface area (Å²) >= 11 is 3.43. The zero-order chi connectivity index (χ0) is 11.7. The third-order valence-corrected chi connectivity index (χ3v) is 3.24. The van der Waals surface area contributed by atoms with Gasteiger partial charge in [0.25, 0.3) is 0 Å². The second-order valence-electron chi connectivity index (χ2n) is 3.94. The van der Waals surface area contributed by atoms with Crippen LogP contribution in [0.15, 0.2) is 65.2 Å². The number of rotatable bonds is 1. The molecule has 0 saturated carbocycles.